The Morgan fingerprint density at radius 1 is 1.44 bits per heavy atom. The number of rotatable bonds is 4. The average molecular weight is 229 g/mol. The topological polar surface area (TPSA) is 12.0 Å². The zero-order valence-electron chi connectivity index (χ0n) is 9.36. The number of benzene rings is 1. The summed E-state index contributed by atoms with van der Waals surface area (Å²) in [4.78, 5) is 1.37. The normalized spacial score (nSPS) is 12.5. The Bertz CT molecular complexity index is 474. The number of hydrogen-bond donors (Lipinski definition) is 1. The second kappa shape index (κ2) is 5.16. The summed E-state index contributed by atoms with van der Waals surface area (Å²) < 4.78 is 1.35. The van der Waals surface area contributed by atoms with Crippen LogP contribution in [0.4, 0.5) is 0 Å². The van der Waals surface area contributed by atoms with E-state index in [4.69, 9.17) is 6.42 Å². The quantitative estimate of drug-likeness (QED) is 0.790. The van der Waals surface area contributed by atoms with Crippen LogP contribution in [0.25, 0.3) is 10.1 Å². The highest BCUT2D eigenvalue weighted by Gasteiger charge is 2.11. The SMILES string of the molecule is C#CCCC(NC)c1cc2ccccc2s1. The molecular formula is C14H15NS. The third-order valence-electron chi connectivity index (χ3n) is 2.71. The molecule has 0 saturated heterocycles. The van der Waals surface area contributed by atoms with Crippen LogP contribution in [0.2, 0.25) is 0 Å². The van der Waals surface area contributed by atoms with Crippen LogP contribution in [0.5, 0.6) is 0 Å². The highest BCUT2D eigenvalue weighted by molar-refractivity contribution is 7.19. The molecule has 0 fully saturated rings. The smallest absolute Gasteiger partial charge is 0.0421 e. The molecule has 82 valence electrons. The molecule has 1 atom stereocenters. The van der Waals surface area contributed by atoms with Crippen LogP contribution < -0.4 is 5.32 Å². The van der Waals surface area contributed by atoms with Crippen molar-refractivity contribution in [2.45, 2.75) is 18.9 Å². The lowest BCUT2D eigenvalue weighted by molar-refractivity contribution is 0.568. The molecule has 1 unspecified atom stereocenters. The lowest BCUT2D eigenvalue weighted by atomic mass is 10.1. The third kappa shape index (κ3) is 2.27. The van der Waals surface area contributed by atoms with Crippen molar-refractivity contribution in [3.05, 3.63) is 35.2 Å². The fraction of sp³-hybridized carbons (Fsp3) is 0.286. The van der Waals surface area contributed by atoms with E-state index in [-0.39, 0.29) is 0 Å². The lowest BCUT2D eigenvalue weighted by Crippen LogP contribution is -2.14. The molecule has 0 aliphatic carbocycles. The van der Waals surface area contributed by atoms with E-state index in [1.54, 1.807) is 0 Å². The van der Waals surface area contributed by atoms with Crippen LogP contribution in [0.3, 0.4) is 0 Å². The molecule has 2 rings (SSSR count). The first kappa shape index (κ1) is 11.2. The van der Waals surface area contributed by atoms with E-state index in [0.717, 1.165) is 12.8 Å². The number of nitrogens with one attached hydrogen (secondary N) is 1. The van der Waals surface area contributed by atoms with Gasteiger partial charge in [-0.05, 0) is 31.0 Å². The van der Waals surface area contributed by atoms with Crippen LogP contribution in [0.1, 0.15) is 23.8 Å². The minimum Gasteiger partial charge on any atom is -0.312 e. The minimum atomic E-state index is 0.383. The minimum absolute atomic E-state index is 0.383. The molecule has 0 aliphatic heterocycles. The Morgan fingerprint density at radius 3 is 2.94 bits per heavy atom. The molecule has 1 nitrogen and oxygen atoms in total. The molecule has 1 N–H and O–H groups in total. The predicted octanol–water partition coefficient (Wildman–Crippen LogP) is 3.58. The van der Waals surface area contributed by atoms with Gasteiger partial charge in [-0.3, -0.25) is 0 Å². The molecule has 1 aromatic carbocycles. The summed E-state index contributed by atoms with van der Waals surface area (Å²) in [7, 11) is 1.99. The lowest BCUT2D eigenvalue weighted by Gasteiger charge is -2.12. The summed E-state index contributed by atoms with van der Waals surface area (Å²) in [6, 6.07) is 11.1. The molecule has 1 heterocycles. The van der Waals surface area contributed by atoms with Gasteiger partial charge in [0.15, 0.2) is 0 Å². The first-order valence-electron chi connectivity index (χ1n) is 5.44. The van der Waals surface area contributed by atoms with E-state index in [9.17, 15) is 0 Å². The maximum Gasteiger partial charge on any atom is 0.0421 e. The standard InChI is InChI=1S/C14H15NS/c1-3-4-8-12(15-2)14-10-11-7-5-6-9-13(11)16-14/h1,5-7,9-10,12,15H,4,8H2,2H3. The first-order valence-corrected chi connectivity index (χ1v) is 6.26. The van der Waals surface area contributed by atoms with Crippen LogP contribution in [-0.4, -0.2) is 7.05 Å². The number of thiophene rings is 1. The van der Waals surface area contributed by atoms with Gasteiger partial charge >= 0.3 is 0 Å². The molecule has 1 aromatic heterocycles. The van der Waals surface area contributed by atoms with E-state index in [1.807, 2.05) is 18.4 Å². The summed E-state index contributed by atoms with van der Waals surface area (Å²) in [6.07, 6.45) is 7.13. The van der Waals surface area contributed by atoms with Gasteiger partial charge in [0.05, 0.1) is 0 Å². The molecule has 0 amide bonds. The Hall–Kier alpha value is -1.30. The van der Waals surface area contributed by atoms with Crippen LogP contribution in [-0.2, 0) is 0 Å². The molecule has 0 radical (unpaired) electrons. The van der Waals surface area contributed by atoms with Crippen LogP contribution in [0.15, 0.2) is 30.3 Å². The fourth-order valence-electron chi connectivity index (χ4n) is 1.83. The predicted molar refractivity (Wildman–Crippen MR) is 71.7 cm³/mol. The zero-order chi connectivity index (χ0) is 11.4. The number of fused-ring (bicyclic) bond motifs is 1. The second-order valence-electron chi connectivity index (χ2n) is 3.77. The van der Waals surface area contributed by atoms with Crippen molar-refractivity contribution < 1.29 is 0 Å². The Kier molecular flexibility index (Phi) is 3.61. The molecule has 0 bridgehead atoms. The third-order valence-corrected chi connectivity index (χ3v) is 3.94. The van der Waals surface area contributed by atoms with E-state index < -0.39 is 0 Å². The summed E-state index contributed by atoms with van der Waals surface area (Å²) in [5, 5.41) is 4.65. The first-order chi connectivity index (χ1) is 7.85. The summed E-state index contributed by atoms with van der Waals surface area (Å²) in [5.74, 6) is 2.70. The molecule has 16 heavy (non-hydrogen) atoms. The van der Waals surface area contributed by atoms with Crippen molar-refractivity contribution in [1.82, 2.24) is 5.32 Å². The van der Waals surface area contributed by atoms with Crippen molar-refractivity contribution in [3.63, 3.8) is 0 Å². The molecule has 2 aromatic rings. The van der Waals surface area contributed by atoms with Gasteiger partial charge in [0.25, 0.3) is 0 Å². The van der Waals surface area contributed by atoms with Crippen LogP contribution in [0, 0.1) is 12.3 Å². The summed E-state index contributed by atoms with van der Waals surface area (Å²) in [5.41, 5.74) is 0. The van der Waals surface area contributed by atoms with E-state index in [1.165, 1.54) is 15.0 Å². The average Bonchev–Trinajstić information content (AvgIpc) is 2.73. The largest absolute Gasteiger partial charge is 0.312 e. The van der Waals surface area contributed by atoms with Crippen molar-refractivity contribution in [1.29, 1.82) is 0 Å². The maximum atomic E-state index is 5.31. The Balaban J connectivity index is 2.27. The molecule has 0 aliphatic rings. The molecular weight excluding hydrogens is 214 g/mol. The molecule has 0 saturated carbocycles. The summed E-state index contributed by atoms with van der Waals surface area (Å²) >= 11 is 1.85. The van der Waals surface area contributed by atoms with E-state index >= 15 is 0 Å². The van der Waals surface area contributed by atoms with E-state index in [2.05, 4.69) is 41.6 Å². The van der Waals surface area contributed by atoms with Gasteiger partial charge in [-0.15, -0.1) is 23.7 Å². The van der Waals surface area contributed by atoms with Crippen molar-refractivity contribution >= 4 is 21.4 Å². The van der Waals surface area contributed by atoms with Crippen molar-refractivity contribution in [2.75, 3.05) is 7.05 Å². The highest BCUT2D eigenvalue weighted by atomic mass is 32.1. The summed E-state index contributed by atoms with van der Waals surface area (Å²) in [6.45, 7) is 0. The fourth-order valence-corrected chi connectivity index (χ4v) is 3.04. The van der Waals surface area contributed by atoms with Crippen molar-refractivity contribution in [3.8, 4) is 12.3 Å². The highest BCUT2D eigenvalue weighted by Crippen LogP contribution is 2.31. The second-order valence-corrected chi connectivity index (χ2v) is 4.89. The van der Waals surface area contributed by atoms with Gasteiger partial charge in [0, 0.05) is 22.0 Å². The van der Waals surface area contributed by atoms with Crippen LogP contribution >= 0.6 is 11.3 Å². The molecule has 2 heteroatoms. The zero-order valence-corrected chi connectivity index (χ0v) is 10.2. The van der Waals surface area contributed by atoms with Gasteiger partial charge in [-0.1, -0.05) is 18.2 Å². The van der Waals surface area contributed by atoms with Gasteiger partial charge < -0.3 is 5.32 Å². The van der Waals surface area contributed by atoms with E-state index in [0.29, 0.717) is 6.04 Å². The van der Waals surface area contributed by atoms with Gasteiger partial charge in [0.1, 0.15) is 0 Å². The Labute approximate surface area is 100 Å². The monoisotopic (exact) mass is 229 g/mol. The van der Waals surface area contributed by atoms with Gasteiger partial charge in [-0.25, -0.2) is 0 Å². The maximum absolute atomic E-state index is 5.31. The van der Waals surface area contributed by atoms with Gasteiger partial charge in [0.2, 0.25) is 0 Å². The van der Waals surface area contributed by atoms with Gasteiger partial charge in [-0.2, -0.15) is 0 Å². The molecule has 0 spiro atoms. The number of terminal acetylenes is 1. The van der Waals surface area contributed by atoms with Crippen molar-refractivity contribution in [2.24, 2.45) is 0 Å². The Morgan fingerprint density at radius 2 is 2.25 bits per heavy atom. The number of hydrogen-bond acceptors (Lipinski definition) is 2.